The van der Waals surface area contributed by atoms with E-state index in [-0.39, 0.29) is 33.5 Å². The van der Waals surface area contributed by atoms with E-state index in [1.807, 2.05) is 0 Å². The van der Waals surface area contributed by atoms with Gasteiger partial charge in [0.1, 0.15) is 10.9 Å². The van der Waals surface area contributed by atoms with Crippen LogP contribution in [0, 0.1) is 0 Å². The van der Waals surface area contributed by atoms with Gasteiger partial charge in [-0.15, -0.1) is 0 Å². The van der Waals surface area contributed by atoms with Crippen molar-refractivity contribution in [3.8, 4) is 0 Å². The normalized spacial score (nSPS) is 20.4. The van der Waals surface area contributed by atoms with Crippen LogP contribution in [-0.2, 0) is 4.79 Å². The maximum absolute atomic E-state index is 10.8. The Kier molecular flexibility index (Phi) is 2.96. The van der Waals surface area contributed by atoms with E-state index in [2.05, 4.69) is 4.99 Å². The van der Waals surface area contributed by atoms with Gasteiger partial charge >= 0.3 is 5.97 Å². The summed E-state index contributed by atoms with van der Waals surface area (Å²) in [7, 11) is 0. The number of aliphatic imine (C=N–C) groups is 1. The number of nitrogens with zero attached hydrogens (tertiary/aromatic N) is 3. The molecule has 2 aliphatic rings. The number of rotatable bonds is 1. The molecule has 0 saturated heterocycles. The first-order valence-electron chi connectivity index (χ1n) is 3.93. The van der Waals surface area contributed by atoms with Crippen LogP contribution in [0.25, 0.3) is 0 Å². The largest absolute Gasteiger partial charge is 0.477 e. The zero-order chi connectivity index (χ0) is 12.0. The summed E-state index contributed by atoms with van der Waals surface area (Å²) in [6.07, 6.45) is 0. The van der Waals surface area contributed by atoms with Gasteiger partial charge in [0.25, 0.3) is 0 Å². The maximum atomic E-state index is 10.8. The van der Waals surface area contributed by atoms with Gasteiger partial charge in [-0.2, -0.15) is 0 Å². The van der Waals surface area contributed by atoms with Crippen LogP contribution in [0.3, 0.4) is 0 Å². The minimum absolute atomic E-state index is 0.000664. The Balaban J connectivity index is 2.48. The first-order valence-corrected chi connectivity index (χ1v) is 5.40. The topological polar surface area (TPSA) is 56.1 Å². The van der Waals surface area contributed by atoms with E-state index in [1.54, 1.807) is 0 Å². The van der Waals surface area contributed by atoms with Gasteiger partial charge in [0.2, 0.25) is 0 Å². The Morgan fingerprint density at radius 3 is 2.44 bits per heavy atom. The molecule has 0 aromatic rings. The van der Waals surface area contributed by atoms with E-state index in [1.165, 1.54) is 4.90 Å². The van der Waals surface area contributed by atoms with Gasteiger partial charge in [-0.3, -0.25) is 0 Å². The highest BCUT2D eigenvalue weighted by atomic mass is 35.5. The molecule has 0 fully saturated rings. The molecule has 0 spiro atoms. The lowest BCUT2D eigenvalue weighted by atomic mass is 10.4. The molecule has 0 aromatic heterocycles. The second kappa shape index (κ2) is 4.00. The van der Waals surface area contributed by atoms with Crippen LogP contribution >= 0.6 is 46.6 Å². The van der Waals surface area contributed by atoms with Gasteiger partial charge in [-0.1, -0.05) is 34.8 Å². The summed E-state index contributed by atoms with van der Waals surface area (Å²) >= 11 is 23.3. The van der Waals surface area contributed by atoms with Crippen LogP contribution in [0.15, 0.2) is 26.3 Å². The van der Waals surface area contributed by atoms with E-state index in [9.17, 15) is 4.79 Å². The van der Waals surface area contributed by atoms with Gasteiger partial charge in [0, 0.05) is 11.8 Å². The highest BCUT2D eigenvalue weighted by Crippen LogP contribution is 2.40. The molecule has 0 saturated carbocycles. The van der Waals surface area contributed by atoms with Crippen molar-refractivity contribution < 1.29 is 9.90 Å². The second-order valence-electron chi connectivity index (χ2n) is 2.93. The van der Waals surface area contributed by atoms with Crippen molar-refractivity contribution in [1.29, 1.82) is 0 Å². The summed E-state index contributed by atoms with van der Waals surface area (Å²) in [6, 6.07) is 0. The lowest BCUT2D eigenvalue weighted by Gasteiger charge is -2.28. The molecule has 0 aromatic carbocycles. The number of fused-ring (bicyclic) bond motifs is 1. The van der Waals surface area contributed by atoms with Crippen molar-refractivity contribution in [2.75, 3.05) is 6.54 Å². The number of carboxylic acids is 1. The molecule has 9 heteroatoms. The SMILES string of the molecule is O=C(O)C1=NC2=C(Cl)N(Cl)C(Cl)=C(Cl)N2C1. The molecule has 2 aliphatic heterocycles. The summed E-state index contributed by atoms with van der Waals surface area (Å²) < 4.78 is 0.908. The molecular weight excluding hydrogens is 300 g/mol. The monoisotopic (exact) mass is 301 g/mol. The Morgan fingerprint density at radius 1 is 1.25 bits per heavy atom. The Labute approximate surface area is 110 Å². The van der Waals surface area contributed by atoms with Crippen LogP contribution in [0.1, 0.15) is 0 Å². The highest BCUT2D eigenvalue weighted by molar-refractivity contribution is 6.45. The average molecular weight is 303 g/mol. The number of hydrogen-bond donors (Lipinski definition) is 1. The summed E-state index contributed by atoms with van der Waals surface area (Å²) in [4.78, 5) is 15.9. The average Bonchev–Trinajstić information content (AvgIpc) is 2.68. The van der Waals surface area contributed by atoms with Crippen molar-refractivity contribution in [3.05, 3.63) is 21.3 Å². The Hall–Kier alpha value is -0.620. The zero-order valence-electron chi connectivity index (χ0n) is 7.42. The maximum Gasteiger partial charge on any atom is 0.352 e. The van der Waals surface area contributed by atoms with Gasteiger partial charge < -0.3 is 10.0 Å². The molecule has 0 radical (unpaired) electrons. The van der Waals surface area contributed by atoms with E-state index < -0.39 is 5.97 Å². The fourth-order valence-electron chi connectivity index (χ4n) is 1.25. The molecule has 86 valence electrons. The highest BCUT2D eigenvalue weighted by Gasteiger charge is 2.36. The number of aliphatic carboxylic acids is 1. The fraction of sp³-hybridized carbons (Fsp3) is 0.143. The van der Waals surface area contributed by atoms with Crippen LogP contribution in [0.2, 0.25) is 0 Å². The lowest BCUT2D eigenvalue weighted by molar-refractivity contribution is -0.129. The van der Waals surface area contributed by atoms with Crippen LogP contribution in [-0.4, -0.2) is 32.7 Å². The van der Waals surface area contributed by atoms with Gasteiger partial charge in [-0.25, -0.2) is 14.2 Å². The van der Waals surface area contributed by atoms with Crippen molar-refractivity contribution in [2.24, 2.45) is 4.99 Å². The third-order valence-corrected chi connectivity index (χ3v) is 3.66. The minimum Gasteiger partial charge on any atom is -0.477 e. The molecular formula is C7H3Cl4N3O2. The third-order valence-electron chi connectivity index (χ3n) is 1.99. The fourth-order valence-corrected chi connectivity index (χ4v) is 2.13. The third kappa shape index (κ3) is 1.64. The van der Waals surface area contributed by atoms with E-state index in [4.69, 9.17) is 51.7 Å². The molecule has 1 N–H and O–H groups in total. The summed E-state index contributed by atoms with van der Waals surface area (Å²) in [6.45, 7) is 0.000664. The number of carboxylic acid groups (broad SMARTS) is 1. The second-order valence-corrected chi connectivity index (χ2v) is 4.34. The zero-order valence-corrected chi connectivity index (χ0v) is 10.4. The van der Waals surface area contributed by atoms with Gasteiger partial charge in [0.15, 0.2) is 16.1 Å². The molecule has 2 heterocycles. The van der Waals surface area contributed by atoms with Gasteiger partial charge in [-0.05, 0) is 0 Å². The molecule has 2 rings (SSSR count). The number of hydrogen-bond acceptors (Lipinski definition) is 4. The smallest absolute Gasteiger partial charge is 0.352 e. The predicted molar refractivity (Wildman–Crippen MR) is 61.1 cm³/mol. The van der Waals surface area contributed by atoms with Crippen LogP contribution in [0.4, 0.5) is 0 Å². The number of carbonyl (C=O) groups is 1. The van der Waals surface area contributed by atoms with Crippen molar-refractivity contribution >= 4 is 58.3 Å². The Morgan fingerprint density at radius 2 is 1.88 bits per heavy atom. The van der Waals surface area contributed by atoms with E-state index in [0.29, 0.717) is 0 Å². The molecule has 0 amide bonds. The minimum atomic E-state index is -1.15. The predicted octanol–water partition coefficient (Wildman–Crippen LogP) is 2.27. The first-order chi connectivity index (χ1) is 7.43. The molecule has 0 aliphatic carbocycles. The summed E-state index contributed by atoms with van der Waals surface area (Å²) in [5.41, 5.74) is -0.0808. The van der Waals surface area contributed by atoms with Crippen molar-refractivity contribution in [1.82, 2.24) is 9.32 Å². The first kappa shape index (κ1) is 11.9. The molecule has 0 atom stereocenters. The van der Waals surface area contributed by atoms with E-state index in [0.717, 1.165) is 4.42 Å². The standard InChI is InChI=1S/C7H3Cl4N3O2/c8-3-4(9)14(11)5(10)6-12-2(7(15)16)1-13(3)6/h1H2,(H,15,16). The van der Waals surface area contributed by atoms with Crippen LogP contribution in [0.5, 0.6) is 0 Å². The quantitative estimate of drug-likeness (QED) is 0.596. The molecule has 16 heavy (non-hydrogen) atoms. The lowest BCUT2D eigenvalue weighted by Crippen LogP contribution is -2.29. The van der Waals surface area contributed by atoms with Crippen molar-refractivity contribution in [2.45, 2.75) is 0 Å². The summed E-state index contributed by atoms with van der Waals surface area (Å²) in [5.74, 6) is -0.975. The Bertz CT molecular complexity index is 470. The molecule has 0 bridgehead atoms. The number of halogens is 4. The summed E-state index contributed by atoms with van der Waals surface area (Å²) in [5, 5.41) is 8.89. The van der Waals surface area contributed by atoms with Crippen molar-refractivity contribution in [3.63, 3.8) is 0 Å². The van der Waals surface area contributed by atoms with Gasteiger partial charge in [0.05, 0.1) is 6.54 Å². The molecule has 5 nitrogen and oxygen atoms in total. The van der Waals surface area contributed by atoms with E-state index >= 15 is 0 Å². The van der Waals surface area contributed by atoms with Crippen LogP contribution < -0.4 is 0 Å². The molecule has 0 unspecified atom stereocenters.